The van der Waals surface area contributed by atoms with Crippen LogP contribution in [-0.4, -0.2) is 11.1 Å². The summed E-state index contributed by atoms with van der Waals surface area (Å²) >= 11 is 5.36. The maximum atomic E-state index is 10.7. The van der Waals surface area contributed by atoms with Crippen molar-refractivity contribution in [2.45, 2.75) is 6.42 Å². The first-order chi connectivity index (χ1) is 6.25. The standard InChI is InChI=1S/C10H9ClO2/c11-7-3-5-8-4-1-2-6-9(8)10(12)13/h1-4,6-7H,5H2,(H,12,13). The monoisotopic (exact) mass is 196 g/mol. The van der Waals surface area contributed by atoms with Crippen LogP contribution in [0.2, 0.25) is 0 Å². The van der Waals surface area contributed by atoms with Crippen molar-refractivity contribution >= 4 is 17.6 Å². The largest absolute Gasteiger partial charge is 0.478 e. The van der Waals surface area contributed by atoms with Gasteiger partial charge in [0.2, 0.25) is 0 Å². The third-order valence-corrected chi connectivity index (χ3v) is 1.85. The molecule has 0 aliphatic heterocycles. The second kappa shape index (κ2) is 4.67. The van der Waals surface area contributed by atoms with Crippen LogP contribution >= 0.6 is 11.6 Å². The molecule has 3 heteroatoms. The number of aromatic carboxylic acids is 1. The summed E-state index contributed by atoms with van der Waals surface area (Å²) in [5, 5.41) is 8.81. The summed E-state index contributed by atoms with van der Waals surface area (Å²) in [4.78, 5) is 10.7. The van der Waals surface area contributed by atoms with E-state index in [9.17, 15) is 4.79 Å². The Labute approximate surface area is 81.5 Å². The summed E-state index contributed by atoms with van der Waals surface area (Å²) < 4.78 is 0. The van der Waals surface area contributed by atoms with Crippen molar-refractivity contribution in [1.82, 2.24) is 0 Å². The van der Waals surface area contributed by atoms with Gasteiger partial charge in [0.25, 0.3) is 0 Å². The molecule has 0 amide bonds. The van der Waals surface area contributed by atoms with E-state index in [4.69, 9.17) is 16.7 Å². The molecule has 68 valence electrons. The lowest BCUT2D eigenvalue weighted by atomic mass is 10.1. The maximum absolute atomic E-state index is 10.7. The summed E-state index contributed by atoms with van der Waals surface area (Å²) in [6.45, 7) is 0. The van der Waals surface area contributed by atoms with Gasteiger partial charge in [-0.25, -0.2) is 4.79 Å². The molecule has 1 N–H and O–H groups in total. The van der Waals surface area contributed by atoms with Gasteiger partial charge in [0.15, 0.2) is 0 Å². The van der Waals surface area contributed by atoms with Crippen molar-refractivity contribution in [3.63, 3.8) is 0 Å². The van der Waals surface area contributed by atoms with E-state index in [0.717, 1.165) is 5.56 Å². The van der Waals surface area contributed by atoms with E-state index >= 15 is 0 Å². The highest BCUT2D eigenvalue weighted by molar-refractivity contribution is 6.25. The Hall–Kier alpha value is -1.28. The van der Waals surface area contributed by atoms with Crippen LogP contribution < -0.4 is 0 Å². The highest BCUT2D eigenvalue weighted by Crippen LogP contribution is 2.09. The summed E-state index contributed by atoms with van der Waals surface area (Å²) in [6.07, 6.45) is 2.26. The van der Waals surface area contributed by atoms with Crippen molar-refractivity contribution < 1.29 is 9.90 Å². The maximum Gasteiger partial charge on any atom is 0.335 e. The van der Waals surface area contributed by atoms with E-state index in [1.165, 1.54) is 5.54 Å². The number of hydrogen-bond acceptors (Lipinski definition) is 1. The number of benzene rings is 1. The van der Waals surface area contributed by atoms with Crippen molar-refractivity contribution in [1.29, 1.82) is 0 Å². The molecule has 0 heterocycles. The Morgan fingerprint density at radius 2 is 2.15 bits per heavy atom. The second-order valence-electron chi connectivity index (χ2n) is 2.53. The first-order valence-electron chi connectivity index (χ1n) is 3.82. The van der Waals surface area contributed by atoms with Crippen molar-refractivity contribution in [2.75, 3.05) is 0 Å². The smallest absolute Gasteiger partial charge is 0.335 e. The number of carboxylic acids is 1. The molecule has 0 spiro atoms. The fourth-order valence-corrected chi connectivity index (χ4v) is 1.17. The molecule has 1 rings (SSSR count). The van der Waals surface area contributed by atoms with Gasteiger partial charge >= 0.3 is 5.97 Å². The first kappa shape index (κ1) is 9.81. The van der Waals surface area contributed by atoms with Crippen LogP contribution in [0, 0.1) is 0 Å². The average molecular weight is 197 g/mol. The summed E-state index contributed by atoms with van der Waals surface area (Å²) in [7, 11) is 0. The molecule has 13 heavy (non-hydrogen) atoms. The van der Waals surface area contributed by atoms with Gasteiger partial charge in [0.05, 0.1) is 5.56 Å². The quantitative estimate of drug-likeness (QED) is 0.807. The molecule has 0 atom stereocenters. The van der Waals surface area contributed by atoms with Gasteiger partial charge < -0.3 is 5.11 Å². The van der Waals surface area contributed by atoms with Crippen LogP contribution in [0.3, 0.4) is 0 Å². The third-order valence-electron chi connectivity index (χ3n) is 1.67. The van der Waals surface area contributed by atoms with Gasteiger partial charge in [-0.2, -0.15) is 0 Å². The zero-order valence-corrected chi connectivity index (χ0v) is 7.66. The number of halogens is 1. The van der Waals surface area contributed by atoms with Crippen LogP contribution in [-0.2, 0) is 6.42 Å². The Bertz CT molecular complexity index is 331. The lowest BCUT2D eigenvalue weighted by molar-refractivity contribution is 0.0696. The minimum atomic E-state index is -0.904. The predicted molar refractivity (Wildman–Crippen MR) is 52.1 cm³/mol. The van der Waals surface area contributed by atoms with Crippen LogP contribution in [0.5, 0.6) is 0 Å². The van der Waals surface area contributed by atoms with Crippen LogP contribution in [0.25, 0.3) is 0 Å². The van der Waals surface area contributed by atoms with E-state index in [-0.39, 0.29) is 0 Å². The Balaban J connectivity index is 2.97. The predicted octanol–water partition coefficient (Wildman–Crippen LogP) is 2.68. The summed E-state index contributed by atoms with van der Waals surface area (Å²) in [6, 6.07) is 6.88. The minimum absolute atomic E-state index is 0.331. The lowest BCUT2D eigenvalue weighted by Crippen LogP contribution is -2.00. The fraction of sp³-hybridized carbons (Fsp3) is 0.100. The Kier molecular flexibility index (Phi) is 3.53. The van der Waals surface area contributed by atoms with E-state index in [0.29, 0.717) is 12.0 Å². The lowest BCUT2D eigenvalue weighted by Gasteiger charge is -2.01. The molecule has 0 aliphatic carbocycles. The highest BCUT2D eigenvalue weighted by atomic mass is 35.5. The molecule has 1 aromatic carbocycles. The van der Waals surface area contributed by atoms with Gasteiger partial charge in [0.1, 0.15) is 0 Å². The van der Waals surface area contributed by atoms with Crippen molar-refractivity contribution in [3.05, 3.63) is 47.0 Å². The number of carboxylic acid groups (broad SMARTS) is 1. The zero-order chi connectivity index (χ0) is 9.68. The molecule has 0 saturated heterocycles. The molecular formula is C10H9ClO2. The molecule has 0 radical (unpaired) electrons. The van der Waals surface area contributed by atoms with Gasteiger partial charge in [-0.3, -0.25) is 0 Å². The highest BCUT2D eigenvalue weighted by Gasteiger charge is 2.06. The van der Waals surface area contributed by atoms with Crippen molar-refractivity contribution in [2.24, 2.45) is 0 Å². The van der Waals surface area contributed by atoms with Crippen molar-refractivity contribution in [3.8, 4) is 0 Å². The fourth-order valence-electron chi connectivity index (χ4n) is 1.08. The van der Waals surface area contributed by atoms with Gasteiger partial charge in [-0.15, -0.1) is 0 Å². The SMILES string of the molecule is O=C(O)c1ccccc1CC=CCl. The third kappa shape index (κ3) is 2.60. The van der Waals surface area contributed by atoms with Crippen LogP contribution in [0.1, 0.15) is 15.9 Å². The van der Waals surface area contributed by atoms with E-state index in [2.05, 4.69) is 0 Å². The molecule has 0 bridgehead atoms. The first-order valence-corrected chi connectivity index (χ1v) is 4.25. The van der Waals surface area contributed by atoms with Crippen LogP contribution in [0.15, 0.2) is 35.9 Å². The van der Waals surface area contributed by atoms with E-state index in [1.54, 1.807) is 24.3 Å². The summed E-state index contributed by atoms with van der Waals surface area (Å²) in [5.41, 5.74) is 2.49. The molecule has 0 fully saturated rings. The number of carbonyl (C=O) groups is 1. The minimum Gasteiger partial charge on any atom is -0.478 e. The second-order valence-corrected chi connectivity index (χ2v) is 2.78. The van der Waals surface area contributed by atoms with E-state index in [1.807, 2.05) is 6.07 Å². The molecule has 1 aromatic rings. The molecule has 0 unspecified atom stereocenters. The zero-order valence-electron chi connectivity index (χ0n) is 6.90. The Morgan fingerprint density at radius 3 is 2.77 bits per heavy atom. The number of hydrogen-bond donors (Lipinski definition) is 1. The molecular weight excluding hydrogens is 188 g/mol. The van der Waals surface area contributed by atoms with Gasteiger partial charge in [0, 0.05) is 5.54 Å². The molecule has 0 saturated carbocycles. The van der Waals surface area contributed by atoms with E-state index < -0.39 is 5.97 Å². The Morgan fingerprint density at radius 1 is 1.46 bits per heavy atom. The van der Waals surface area contributed by atoms with Crippen LogP contribution in [0.4, 0.5) is 0 Å². The topological polar surface area (TPSA) is 37.3 Å². The average Bonchev–Trinajstić information content (AvgIpc) is 2.15. The summed E-state index contributed by atoms with van der Waals surface area (Å²) in [5.74, 6) is -0.904. The number of rotatable bonds is 3. The molecule has 0 aliphatic rings. The van der Waals surface area contributed by atoms with Gasteiger partial charge in [-0.1, -0.05) is 35.9 Å². The normalized spacial score (nSPS) is 10.5. The molecule has 2 nitrogen and oxygen atoms in total. The number of allylic oxidation sites excluding steroid dienone is 1. The van der Waals surface area contributed by atoms with Gasteiger partial charge in [-0.05, 0) is 18.1 Å². The molecule has 0 aromatic heterocycles.